The molecule has 0 spiro atoms. The number of aromatic nitrogens is 2. The first kappa shape index (κ1) is 15.9. The van der Waals surface area contributed by atoms with Crippen molar-refractivity contribution < 1.29 is 17.2 Å². The predicted octanol–water partition coefficient (Wildman–Crippen LogP) is 2.72. The Labute approximate surface area is 133 Å². The van der Waals surface area contributed by atoms with Crippen molar-refractivity contribution in [2.45, 2.75) is 29.5 Å². The summed E-state index contributed by atoms with van der Waals surface area (Å²) in [6.45, 7) is 1.60. The zero-order valence-corrected chi connectivity index (χ0v) is 13.2. The van der Waals surface area contributed by atoms with E-state index in [-0.39, 0.29) is 10.9 Å². The number of rotatable bonds is 4. The fraction of sp³-hybridized carbons (Fsp3) is 0.400. The summed E-state index contributed by atoms with van der Waals surface area (Å²) in [6.07, 6.45) is 5.67. The third-order valence-electron chi connectivity index (χ3n) is 4.06. The molecule has 5 nitrogen and oxygen atoms in total. The Kier molecular flexibility index (Phi) is 4.34. The van der Waals surface area contributed by atoms with Crippen molar-refractivity contribution in [2.75, 3.05) is 18.0 Å². The van der Waals surface area contributed by atoms with Gasteiger partial charge < -0.3 is 4.90 Å². The highest BCUT2D eigenvalue weighted by Crippen LogP contribution is 2.27. The van der Waals surface area contributed by atoms with Crippen molar-refractivity contribution in [3.8, 4) is 0 Å². The van der Waals surface area contributed by atoms with Crippen molar-refractivity contribution in [1.29, 1.82) is 0 Å². The van der Waals surface area contributed by atoms with Crippen LogP contribution in [0.25, 0.3) is 0 Å². The third-order valence-corrected chi connectivity index (χ3v) is 5.46. The van der Waals surface area contributed by atoms with Crippen LogP contribution in [0.4, 0.5) is 14.5 Å². The maximum absolute atomic E-state index is 12.6. The molecule has 0 amide bonds. The molecule has 1 aromatic heterocycles. The van der Waals surface area contributed by atoms with Crippen molar-refractivity contribution in [3.05, 3.63) is 42.7 Å². The fourth-order valence-electron chi connectivity index (χ4n) is 2.85. The van der Waals surface area contributed by atoms with Gasteiger partial charge in [-0.15, -0.1) is 0 Å². The number of hydrogen-bond donors (Lipinski definition) is 0. The van der Waals surface area contributed by atoms with Crippen LogP contribution in [0.15, 0.2) is 47.6 Å². The zero-order chi connectivity index (χ0) is 16.4. The molecular weight excluding hydrogens is 324 g/mol. The summed E-state index contributed by atoms with van der Waals surface area (Å²) >= 11 is 0. The Bertz CT molecular complexity index is 746. The van der Waals surface area contributed by atoms with Gasteiger partial charge in [0.1, 0.15) is 0 Å². The minimum atomic E-state index is -4.54. The van der Waals surface area contributed by atoms with Gasteiger partial charge in [0.25, 0.3) is 0 Å². The first-order valence-electron chi connectivity index (χ1n) is 7.34. The number of halogens is 2. The molecule has 1 unspecified atom stereocenters. The van der Waals surface area contributed by atoms with E-state index in [0.29, 0.717) is 0 Å². The van der Waals surface area contributed by atoms with Crippen molar-refractivity contribution in [3.63, 3.8) is 0 Å². The van der Waals surface area contributed by atoms with E-state index in [0.717, 1.165) is 31.6 Å². The van der Waals surface area contributed by atoms with Crippen LogP contribution >= 0.6 is 0 Å². The molecule has 3 rings (SSSR count). The first-order valence-corrected chi connectivity index (χ1v) is 8.89. The highest BCUT2D eigenvalue weighted by molar-refractivity contribution is 7.91. The van der Waals surface area contributed by atoms with Crippen LogP contribution in [-0.2, 0) is 9.84 Å². The molecule has 8 heteroatoms. The largest absolute Gasteiger partial charge is 0.369 e. The summed E-state index contributed by atoms with van der Waals surface area (Å²) < 4.78 is 49.9. The van der Waals surface area contributed by atoms with Crippen LogP contribution in [0.3, 0.4) is 0 Å². The Balaban J connectivity index is 1.77. The molecule has 0 saturated carbocycles. The monoisotopic (exact) mass is 341 g/mol. The molecule has 0 N–H and O–H groups in total. The Morgan fingerprint density at radius 1 is 1.22 bits per heavy atom. The lowest BCUT2D eigenvalue weighted by Gasteiger charge is -2.34. The average molecular weight is 341 g/mol. The quantitative estimate of drug-likeness (QED) is 0.858. The lowest BCUT2D eigenvalue weighted by atomic mass is 10.1. The van der Waals surface area contributed by atoms with E-state index in [4.69, 9.17) is 0 Å². The lowest BCUT2D eigenvalue weighted by molar-refractivity contribution is 0.234. The van der Waals surface area contributed by atoms with Gasteiger partial charge in [-0.3, -0.25) is 4.68 Å². The summed E-state index contributed by atoms with van der Waals surface area (Å²) in [5.74, 6) is -3.40. The van der Waals surface area contributed by atoms with Crippen LogP contribution in [0.5, 0.6) is 0 Å². The first-order chi connectivity index (χ1) is 11.0. The fourth-order valence-corrected chi connectivity index (χ4v) is 3.57. The summed E-state index contributed by atoms with van der Waals surface area (Å²) in [5, 5.41) is 4.26. The van der Waals surface area contributed by atoms with Gasteiger partial charge in [-0.1, -0.05) is 0 Å². The van der Waals surface area contributed by atoms with Crippen LogP contribution in [0, 0.1) is 0 Å². The SMILES string of the molecule is O=S(=O)(c1ccc(N2CCCC(n3cccn3)C2)cc1)C(F)F. The molecule has 0 bridgehead atoms. The minimum Gasteiger partial charge on any atom is -0.369 e. The molecule has 2 heterocycles. The number of hydrogen-bond acceptors (Lipinski definition) is 4. The maximum atomic E-state index is 12.6. The van der Waals surface area contributed by atoms with Gasteiger partial charge in [-0.05, 0) is 43.2 Å². The topological polar surface area (TPSA) is 55.2 Å². The van der Waals surface area contributed by atoms with E-state index in [1.54, 1.807) is 18.3 Å². The number of nitrogens with zero attached hydrogens (tertiary/aromatic N) is 3. The minimum absolute atomic E-state index is 0.253. The number of sulfone groups is 1. The molecule has 1 aliphatic heterocycles. The number of anilines is 1. The van der Waals surface area contributed by atoms with Gasteiger partial charge in [-0.25, -0.2) is 8.42 Å². The smallest absolute Gasteiger partial charge is 0.341 e. The van der Waals surface area contributed by atoms with E-state index in [9.17, 15) is 17.2 Å². The number of benzene rings is 1. The second-order valence-corrected chi connectivity index (χ2v) is 7.45. The van der Waals surface area contributed by atoms with Gasteiger partial charge in [0.2, 0.25) is 9.84 Å². The highest BCUT2D eigenvalue weighted by atomic mass is 32.2. The normalized spacial score (nSPS) is 19.3. The van der Waals surface area contributed by atoms with Crippen molar-refractivity contribution in [2.24, 2.45) is 0 Å². The van der Waals surface area contributed by atoms with E-state index in [1.165, 1.54) is 12.1 Å². The van der Waals surface area contributed by atoms with Gasteiger partial charge in [0.05, 0.1) is 10.9 Å². The van der Waals surface area contributed by atoms with Gasteiger partial charge in [0, 0.05) is 31.2 Å². The van der Waals surface area contributed by atoms with E-state index in [1.807, 2.05) is 16.9 Å². The maximum Gasteiger partial charge on any atom is 0.341 e. The van der Waals surface area contributed by atoms with E-state index in [2.05, 4.69) is 10.00 Å². The highest BCUT2D eigenvalue weighted by Gasteiger charge is 2.27. The number of piperidine rings is 1. The van der Waals surface area contributed by atoms with Crippen LogP contribution in [-0.4, -0.2) is 37.0 Å². The van der Waals surface area contributed by atoms with E-state index < -0.39 is 15.6 Å². The summed E-state index contributed by atoms with van der Waals surface area (Å²) in [4.78, 5) is 1.77. The average Bonchev–Trinajstić information content (AvgIpc) is 3.09. The molecule has 0 aliphatic carbocycles. The second-order valence-electron chi connectivity index (χ2n) is 5.53. The Morgan fingerprint density at radius 2 is 1.96 bits per heavy atom. The van der Waals surface area contributed by atoms with Crippen molar-refractivity contribution >= 4 is 15.5 Å². The molecule has 23 heavy (non-hydrogen) atoms. The Morgan fingerprint density at radius 3 is 2.57 bits per heavy atom. The molecule has 1 fully saturated rings. The third kappa shape index (κ3) is 3.21. The van der Waals surface area contributed by atoms with Crippen LogP contribution in [0.1, 0.15) is 18.9 Å². The Hall–Kier alpha value is -1.96. The van der Waals surface area contributed by atoms with E-state index >= 15 is 0 Å². The molecule has 1 saturated heterocycles. The van der Waals surface area contributed by atoms with Crippen LogP contribution < -0.4 is 4.90 Å². The molecule has 2 aromatic rings. The molecular formula is C15H17F2N3O2S. The molecule has 1 aromatic carbocycles. The summed E-state index contributed by atoms with van der Waals surface area (Å²) in [6, 6.07) is 7.79. The van der Waals surface area contributed by atoms with Gasteiger partial charge in [0.15, 0.2) is 0 Å². The molecule has 1 aliphatic rings. The standard InChI is InChI=1S/C15H17F2N3O2S/c16-15(17)23(21,22)14-6-4-12(5-7-14)19-9-1-3-13(11-19)20-10-2-8-18-20/h2,4-8,10,13,15H,1,3,9,11H2. The summed E-state index contributed by atoms with van der Waals surface area (Å²) in [5.41, 5.74) is 0.829. The van der Waals surface area contributed by atoms with Gasteiger partial charge in [-0.2, -0.15) is 13.9 Å². The zero-order valence-electron chi connectivity index (χ0n) is 12.3. The van der Waals surface area contributed by atoms with Crippen LogP contribution in [0.2, 0.25) is 0 Å². The van der Waals surface area contributed by atoms with Gasteiger partial charge >= 0.3 is 5.76 Å². The number of alkyl halides is 2. The molecule has 1 atom stereocenters. The predicted molar refractivity (Wildman–Crippen MR) is 82.3 cm³/mol. The summed E-state index contributed by atoms with van der Waals surface area (Å²) in [7, 11) is -4.54. The second kappa shape index (κ2) is 6.27. The molecule has 124 valence electrons. The molecule has 0 radical (unpaired) electrons. The lowest BCUT2D eigenvalue weighted by Crippen LogP contribution is -2.36. The van der Waals surface area contributed by atoms with Crippen molar-refractivity contribution in [1.82, 2.24) is 9.78 Å².